The Balaban J connectivity index is 4.00. The van der Waals surface area contributed by atoms with Crippen molar-refractivity contribution in [2.75, 3.05) is 0 Å². The summed E-state index contributed by atoms with van der Waals surface area (Å²) in [7, 11) is 0. The number of hydrogen-bond acceptors (Lipinski definition) is 0. The number of allylic oxidation sites excluding steroid dienone is 1. The maximum Gasteiger partial charge on any atom is 0.291 e. The number of alkyl halides is 2. The molecule has 0 spiro atoms. The normalized spacial score (nSPS) is 9.75. The molecule has 0 heterocycles. The van der Waals surface area contributed by atoms with E-state index in [1.807, 2.05) is 0 Å². The van der Waals surface area contributed by atoms with E-state index >= 15 is 0 Å². The van der Waals surface area contributed by atoms with Crippen LogP contribution in [0.4, 0.5) is 13.2 Å². The first-order valence-electron chi connectivity index (χ1n) is 1.54. The Hall–Kier alpha value is 0.110. The monoisotopic (exact) mass is 164 g/mol. The van der Waals surface area contributed by atoms with Crippen LogP contribution in [0.1, 0.15) is 0 Å². The van der Waals surface area contributed by atoms with Gasteiger partial charge < -0.3 is 0 Å². The van der Waals surface area contributed by atoms with Crippen LogP contribution in [0.25, 0.3) is 0 Å². The summed E-state index contributed by atoms with van der Waals surface area (Å²) in [6.45, 7) is 0. The average Bonchev–Trinajstić information content (AvgIpc) is 1.64. The first kappa shape index (κ1) is 8.11. The van der Waals surface area contributed by atoms with Crippen LogP contribution in [-0.4, -0.2) is 6.43 Å². The zero-order chi connectivity index (χ0) is 6.73. The predicted molar refractivity (Wildman–Crippen MR) is 25.8 cm³/mol. The van der Waals surface area contributed by atoms with E-state index in [2.05, 4.69) is 23.2 Å². The molecule has 0 nitrogen and oxygen atoms in total. The molecule has 0 aliphatic heterocycles. The summed E-state index contributed by atoms with van der Waals surface area (Å²) >= 11 is 9.23. The van der Waals surface area contributed by atoms with Crippen molar-refractivity contribution < 1.29 is 13.2 Å². The van der Waals surface area contributed by atoms with Crippen molar-refractivity contribution >= 4 is 23.2 Å². The lowest BCUT2D eigenvalue weighted by molar-refractivity contribution is 0.159. The first-order chi connectivity index (χ1) is 3.55. The summed E-state index contributed by atoms with van der Waals surface area (Å²) in [5, 5.41) is 0. The lowest BCUT2D eigenvalue weighted by atomic mass is 10.6. The molecule has 0 fully saturated rings. The molecule has 0 aromatic rings. The second kappa shape index (κ2) is 3.20. The Morgan fingerprint density at radius 3 is 1.62 bits per heavy atom. The molecular formula is C3HCl2F3. The van der Waals surface area contributed by atoms with Gasteiger partial charge in [0, 0.05) is 0 Å². The standard InChI is InChI=1S/C3HCl2F3/c4-2(5)1(6)3(7)8/h3H. The minimum absolute atomic E-state index is 1.01. The van der Waals surface area contributed by atoms with Gasteiger partial charge in [-0.15, -0.1) is 0 Å². The van der Waals surface area contributed by atoms with Crippen LogP contribution in [0.5, 0.6) is 0 Å². The van der Waals surface area contributed by atoms with Crippen molar-refractivity contribution in [3.63, 3.8) is 0 Å². The summed E-state index contributed by atoms with van der Waals surface area (Å²) in [5.74, 6) is -1.78. The minimum atomic E-state index is -3.21. The van der Waals surface area contributed by atoms with Crippen molar-refractivity contribution in [1.29, 1.82) is 0 Å². The molecule has 48 valence electrons. The minimum Gasteiger partial charge on any atom is -0.203 e. The number of halogens is 5. The SMILES string of the molecule is FC(=C(Cl)Cl)C(F)F. The Bertz CT molecular complexity index is 105. The van der Waals surface area contributed by atoms with Gasteiger partial charge in [0.1, 0.15) is 4.49 Å². The molecule has 0 amide bonds. The second-order valence-corrected chi connectivity index (χ2v) is 1.86. The van der Waals surface area contributed by atoms with Gasteiger partial charge in [-0.2, -0.15) is 0 Å². The van der Waals surface area contributed by atoms with Crippen molar-refractivity contribution in [2.24, 2.45) is 0 Å². The molecule has 0 radical (unpaired) electrons. The van der Waals surface area contributed by atoms with Crippen LogP contribution >= 0.6 is 23.2 Å². The van der Waals surface area contributed by atoms with Crippen LogP contribution in [0.2, 0.25) is 0 Å². The van der Waals surface area contributed by atoms with Crippen LogP contribution in [0.3, 0.4) is 0 Å². The van der Waals surface area contributed by atoms with E-state index in [9.17, 15) is 13.2 Å². The van der Waals surface area contributed by atoms with E-state index < -0.39 is 16.7 Å². The molecule has 0 aliphatic carbocycles. The molecule has 0 saturated heterocycles. The summed E-state index contributed by atoms with van der Waals surface area (Å²) in [6, 6.07) is 0. The van der Waals surface area contributed by atoms with E-state index in [-0.39, 0.29) is 0 Å². The van der Waals surface area contributed by atoms with Crippen molar-refractivity contribution in [2.45, 2.75) is 6.43 Å². The van der Waals surface area contributed by atoms with Gasteiger partial charge in [-0.1, -0.05) is 23.2 Å². The van der Waals surface area contributed by atoms with Crippen LogP contribution < -0.4 is 0 Å². The summed E-state index contributed by atoms with van der Waals surface area (Å²) in [4.78, 5) is 0. The topological polar surface area (TPSA) is 0 Å². The summed E-state index contributed by atoms with van der Waals surface area (Å²) in [5.41, 5.74) is 0. The maximum absolute atomic E-state index is 11.5. The van der Waals surface area contributed by atoms with Crippen molar-refractivity contribution in [3.8, 4) is 0 Å². The third-order valence-corrected chi connectivity index (χ3v) is 0.733. The van der Waals surface area contributed by atoms with Gasteiger partial charge in [0.25, 0.3) is 6.43 Å². The third kappa shape index (κ3) is 2.43. The van der Waals surface area contributed by atoms with Gasteiger partial charge in [-0.25, -0.2) is 13.2 Å². The van der Waals surface area contributed by atoms with E-state index in [0.29, 0.717) is 0 Å². The van der Waals surface area contributed by atoms with E-state index in [1.165, 1.54) is 0 Å². The molecule has 0 N–H and O–H groups in total. The number of rotatable bonds is 1. The highest BCUT2D eigenvalue weighted by Gasteiger charge is 2.13. The van der Waals surface area contributed by atoms with Gasteiger partial charge >= 0.3 is 0 Å². The molecule has 0 bridgehead atoms. The Labute approximate surface area is 53.9 Å². The van der Waals surface area contributed by atoms with Crippen molar-refractivity contribution in [3.05, 3.63) is 10.3 Å². The highest BCUT2D eigenvalue weighted by molar-refractivity contribution is 6.56. The molecule has 0 unspecified atom stereocenters. The number of hydrogen-bond donors (Lipinski definition) is 0. The largest absolute Gasteiger partial charge is 0.291 e. The quantitative estimate of drug-likeness (QED) is 0.560. The molecule has 0 atom stereocenters. The van der Waals surface area contributed by atoms with E-state index in [4.69, 9.17) is 0 Å². The first-order valence-corrected chi connectivity index (χ1v) is 2.30. The van der Waals surface area contributed by atoms with Gasteiger partial charge in [-0.05, 0) is 0 Å². The van der Waals surface area contributed by atoms with E-state index in [0.717, 1.165) is 0 Å². The van der Waals surface area contributed by atoms with Gasteiger partial charge in [0.15, 0.2) is 5.83 Å². The lowest BCUT2D eigenvalue weighted by Crippen LogP contribution is -1.89. The predicted octanol–water partition coefficient (Wildman–Crippen LogP) is 2.87. The summed E-state index contributed by atoms with van der Waals surface area (Å²) < 4.78 is 32.7. The molecule has 0 rings (SSSR count). The zero-order valence-electron chi connectivity index (χ0n) is 3.47. The van der Waals surface area contributed by atoms with Gasteiger partial charge in [-0.3, -0.25) is 0 Å². The Morgan fingerprint density at radius 2 is 1.62 bits per heavy atom. The van der Waals surface area contributed by atoms with Gasteiger partial charge in [0.2, 0.25) is 0 Å². The van der Waals surface area contributed by atoms with E-state index in [1.54, 1.807) is 0 Å². The zero-order valence-corrected chi connectivity index (χ0v) is 4.98. The maximum atomic E-state index is 11.5. The Morgan fingerprint density at radius 1 is 1.25 bits per heavy atom. The molecule has 0 aromatic heterocycles. The molecule has 0 saturated carbocycles. The highest BCUT2D eigenvalue weighted by Crippen LogP contribution is 2.20. The highest BCUT2D eigenvalue weighted by atomic mass is 35.5. The lowest BCUT2D eigenvalue weighted by Gasteiger charge is -1.90. The average molecular weight is 165 g/mol. The fraction of sp³-hybridized carbons (Fsp3) is 0.333. The third-order valence-electron chi connectivity index (χ3n) is 0.372. The smallest absolute Gasteiger partial charge is 0.203 e. The molecular weight excluding hydrogens is 164 g/mol. The second-order valence-electron chi connectivity index (χ2n) is 0.909. The fourth-order valence-electron chi connectivity index (χ4n) is 0.0825. The molecule has 5 heteroatoms. The van der Waals surface area contributed by atoms with Crippen LogP contribution in [0.15, 0.2) is 10.3 Å². The van der Waals surface area contributed by atoms with Crippen molar-refractivity contribution in [1.82, 2.24) is 0 Å². The fourth-order valence-corrected chi connectivity index (χ4v) is 0.247. The molecule has 0 aromatic carbocycles. The Kier molecular flexibility index (Phi) is 3.24. The molecule has 0 aliphatic rings. The summed E-state index contributed by atoms with van der Waals surface area (Å²) in [6.07, 6.45) is -3.21. The van der Waals surface area contributed by atoms with Crippen LogP contribution in [-0.2, 0) is 0 Å². The van der Waals surface area contributed by atoms with Crippen LogP contribution in [0, 0.1) is 0 Å². The van der Waals surface area contributed by atoms with Gasteiger partial charge in [0.05, 0.1) is 0 Å². The molecule has 8 heavy (non-hydrogen) atoms.